The van der Waals surface area contributed by atoms with Crippen LogP contribution in [0, 0.1) is 0 Å². The molecule has 0 saturated carbocycles. The van der Waals surface area contributed by atoms with Crippen LogP contribution in [-0.2, 0) is 14.3 Å². The van der Waals surface area contributed by atoms with Crippen LogP contribution >= 0.6 is 0 Å². The monoisotopic (exact) mass is 1100 g/mol. The highest BCUT2D eigenvalue weighted by atomic mass is 16.7. The minimum absolute atomic E-state index is 0.135. The average Bonchev–Trinajstić information content (AvgIpc) is 3.45. The molecule has 1 aliphatic heterocycles. The highest BCUT2D eigenvalue weighted by Gasteiger charge is 2.44. The molecule has 7 unspecified atom stereocenters. The van der Waals surface area contributed by atoms with Crippen molar-refractivity contribution in [2.75, 3.05) is 13.2 Å². The van der Waals surface area contributed by atoms with E-state index in [-0.39, 0.29) is 12.5 Å². The minimum Gasteiger partial charge on any atom is -0.394 e. The number of allylic oxidation sites excluding steroid dienone is 6. The molecule has 1 amide bonds. The van der Waals surface area contributed by atoms with Gasteiger partial charge in [-0.25, -0.2) is 0 Å². The molecule has 6 N–H and O–H groups in total. The Morgan fingerprint density at radius 3 is 1.12 bits per heavy atom. The van der Waals surface area contributed by atoms with Gasteiger partial charge in [0.2, 0.25) is 5.91 Å². The first-order valence-corrected chi connectivity index (χ1v) is 34.2. The molecule has 0 bridgehead atoms. The number of ether oxygens (including phenoxy) is 2. The second-order valence-electron chi connectivity index (χ2n) is 24.0. The number of amides is 1. The molecule has 78 heavy (non-hydrogen) atoms. The summed E-state index contributed by atoms with van der Waals surface area (Å²) >= 11 is 0. The molecule has 1 heterocycles. The Labute approximate surface area is 482 Å². The molecule has 9 nitrogen and oxygen atoms in total. The van der Waals surface area contributed by atoms with Crippen LogP contribution in [0.2, 0.25) is 0 Å². The maximum atomic E-state index is 13.1. The van der Waals surface area contributed by atoms with Gasteiger partial charge < -0.3 is 40.3 Å². The molecule has 1 fully saturated rings. The summed E-state index contributed by atoms with van der Waals surface area (Å²) < 4.78 is 11.4. The number of unbranched alkanes of at least 4 members (excludes halogenated alkanes) is 44. The Morgan fingerprint density at radius 1 is 0.436 bits per heavy atom. The quantitative estimate of drug-likeness (QED) is 0.0261. The van der Waals surface area contributed by atoms with Crippen molar-refractivity contribution < 1.29 is 39.8 Å². The van der Waals surface area contributed by atoms with Crippen LogP contribution in [0.1, 0.15) is 341 Å². The number of aliphatic hydroxyl groups excluding tert-OH is 5. The molecule has 1 saturated heterocycles. The summed E-state index contributed by atoms with van der Waals surface area (Å²) in [7, 11) is 0. The summed E-state index contributed by atoms with van der Waals surface area (Å²) in [5.74, 6) is -0.140. The van der Waals surface area contributed by atoms with E-state index in [2.05, 4.69) is 55.6 Å². The molecule has 0 aliphatic carbocycles. The van der Waals surface area contributed by atoms with E-state index in [0.717, 1.165) is 51.4 Å². The molecule has 7 atom stereocenters. The summed E-state index contributed by atoms with van der Waals surface area (Å²) in [6.07, 6.45) is 70.6. The zero-order valence-electron chi connectivity index (χ0n) is 51.4. The van der Waals surface area contributed by atoms with E-state index in [1.165, 1.54) is 263 Å². The third-order valence-corrected chi connectivity index (χ3v) is 16.5. The van der Waals surface area contributed by atoms with Gasteiger partial charge in [0.15, 0.2) is 6.29 Å². The normalized spacial score (nSPS) is 18.8. The Morgan fingerprint density at radius 2 is 0.756 bits per heavy atom. The van der Waals surface area contributed by atoms with E-state index >= 15 is 0 Å². The molecule has 1 rings (SSSR count). The summed E-state index contributed by atoms with van der Waals surface area (Å²) in [4.78, 5) is 13.1. The van der Waals surface area contributed by atoms with E-state index < -0.39 is 49.5 Å². The number of carbonyl (C=O) groups is 1. The van der Waals surface area contributed by atoms with Gasteiger partial charge in [-0.2, -0.15) is 0 Å². The molecule has 0 aromatic carbocycles. The van der Waals surface area contributed by atoms with Crippen LogP contribution in [0.5, 0.6) is 0 Å². The number of nitrogens with one attached hydrogen (secondary N) is 1. The zero-order chi connectivity index (χ0) is 56.5. The Bertz CT molecular complexity index is 1320. The fourth-order valence-electron chi connectivity index (χ4n) is 11.1. The van der Waals surface area contributed by atoms with Crippen molar-refractivity contribution in [3.8, 4) is 0 Å². The van der Waals surface area contributed by atoms with Crippen molar-refractivity contribution >= 4 is 5.91 Å². The smallest absolute Gasteiger partial charge is 0.220 e. The van der Waals surface area contributed by atoms with Crippen molar-refractivity contribution in [3.05, 3.63) is 36.5 Å². The van der Waals surface area contributed by atoms with Gasteiger partial charge in [-0.05, 0) is 51.4 Å². The molecular weight excluding hydrogens is 971 g/mol. The van der Waals surface area contributed by atoms with E-state index in [0.29, 0.717) is 12.8 Å². The predicted octanol–water partition coefficient (Wildman–Crippen LogP) is 18.3. The molecular formula is C69H131NO8. The lowest BCUT2D eigenvalue weighted by Gasteiger charge is -2.40. The maximum absolute atomic E-state index is 13.1. The first-order chi connectivity index (χ1) is 38.3. The Balaban J connectivity index is 2.13. The number of rotatable bonds is 60. The van der Waals surface area contributed by atoms with Gasteiger partial charge >= 0.3 is 0 Å². The van der Waals surface area contributed by atoms with Crippen LogP contribution in [0.25, 0.3) is 0 Å². The Hall–Kier alpha value is -1.59. The Kier molecular flexibility index (Phi) is 55.9. The third-order valence-electron chi connectivity index (χ3n) is 16.5. The largest absolute Gasteiger partial charge is 0.394 e. The van der Waals surface area contributed by atoms with E-state index in [9.17, 15) is 30.3 Å². The lowest BCUT2D eigenvalue weighted by Crippen LogP contribution is -2.60. The van der Waals surface area contributed by atoms with Gasteiger partial charge in [-0.3, -0.25) is 4.79 Å². The van der Waals surface area contributed by atoms with Gasteiger partial charge in [0.25, 0.3) is 0 Å². The SMILES string of the molecule is CCCCCCC/C=C\C/C=C\C/C=C\CCCCCCCCCCCCCCCCC(=O)NC(COC1OC(CO)C(O)C(O)C1O)C(O)CCCCCCCCCCCCCCCCCCCCCCCCCCCC. The molecule has 0 aromatic heterocycles. The summed E-state index contributed by atoms with van der Waals surface area (Å²) in [5.41, 5.74) is 0. The topological polar surface area (TPSA) is 149 Å². The van der Waals surface area contributed by atoms with Crippen LogP contribution in [0.3, 0.4) is 0 Å². The summed E-state index contributed by atoms with van der Waals surface area (Å²) in [5, 5.41) is 54.9. The molecule has 0 radical (unpaired) electrons. The van der Waals surface area contributed by atoms with Gasteiger partial charge in [0.05, 0.1) is 25.4 Å². The van der Waals surface area contributed by atoms with E-state index in [1.54, 1.807) is 0 Å². The van der Waals surface area contributed by atoms with Crippen LogP contribution in [0.15, 0.2) is 36.5 Å². The van der Waals surface area contributed by atoms with Crippen LogP contribution in [0.4, 0.5) is 0 Å². The highest BCUT2D eigenvalue weighted by Crippen LogP contribution is 2.24. The van der Waals surface area contributed by atoms with Gasteiger partial charge in [-0.1, -0.05) is 320 Å². The van der Waals surface area contributed by atoms with Gasteiger partial charge in [-0.15, -0.1) is 0 Å². The van der Waals surface area contributed by atoms with Crippen molar-refractivity contribution in [2.24, 2.45) is 0 Å². The summed E-state index contributed by atoms with van der Waals surface area (Å²) in [6.45, 7) is 3.88. The zero-order valence-corrected chi connectivity index (χ0v) is 51.4. The number of hydrogen-bond acceptors (Lipinski definition) is 8. The maximum Gasteiger partial charge on any atom is 0.220 e. The average molecular weight is 1100 g/mol. The van der Waals surface area contributed by atoms with Gasteiger partial charge in [0, 0.05) is 6.42 Å². The number of aliphatic hydroxyl groups is 5. The van der Waals surface area contributed by atoms with E-state index in [1.807, 2.05) is 0 Å². The molecule has 0 aromatic rings. The standard InChI is InChI=1S/C69H131NO8/c1-3-5-7-9-11-13-15-17-19-21-23-25-27-29-31-32-33-35-37-39-41-43-45-47-49-51-53-55-57-59-65(73)70-62(61-77-69-68(76)67(75)66(74)64(60-71)78-69)63(72)58-56-54-52-50-48-46-44-42-40-38-36-34-30-28-26-24-22-20-18-16-14-12-10-8-6-4-2/h15,17,21,23,27,29,62-64,66-69,71-72,74-76H,3-14,16,18-20,22,24-26,28,30-61H2,1-2H3,(H,70,73)/b17-15-,23-21-,29-27-. The van der Waals surface area contributed by atoms with Crippen molar-refractivity contribution in [2.45, 2.75) is 384 Å². The summed E-state index contributed by atoms with van der Waals surface area (Å²) in [6, 6.07) is -0.721. The van der Waals surface area contributed by atoms with E-state index in [4.69, 9.17) is 9.47 Å². The first-order valence-electron chi connectivity index (χ1n) is 34.2. The van der Waals surface area contributed by atoms with Crippen molar-refractivity contribution in [1.29, 1.82) is 0 Å². The van der Waals surface area contributed by atoms with Crippen molar-refractivity contribution in [1.82, 2.24) is 5.32 Å². The first kappa shape index (κ1) is 74.4. The third kappa shape index (κ3) is 47.0. The van der Waals surface area contributed by atoms with Crippen LogP contribution < -0.4 is 5.32 Å². The lowest BCUT2D eigenvalue weighted by atomic mass is 9.99. The number of hydrogen-bond donors (Lipinski definition) is 6. The van der Waals surface area contributed by atoms with Crippen molar-refractivity contribution in [3.63, 3.8) is 0 Å². The molecule has 0 spiro atoms. The van der Waals surface area contributed by atoms with Gasteiger partial charge in [0.1, 0.15) is 24.4 Å². The highest BCUT2D eigenvalue weighted by molar-refractivity contribution is 5.76. The predicted molar refractivity (Wildman–Crippen MR) is 332 cm³/mol. The van der Waals surface area contributed by atoms with Crippen LogP contribution in [-0.4, -0.2) is 87.5 Å². The second-order valence-corrected chi connectivity index (χ2v) is 24.0. The lowest BCUT2D eigenvalue weighted by molar-refractivity contribution is -0.302. The second kappa shape index (κ2) is 58.6. The number of carbonyl (C=O) groups excluding carboxylic acids is 1. The molecule has 460 valence electrons. The minimum atomic E-state index is -1.55. The molecule has 9 heteroatoms. The fraction of sp³-hybridized carbons (Fsp3) is 0.899. The fourth-order valence-corrected chi connectivity index (χ4v) is 11.1. The molecule has 1 aliphatic rings.